The molecular formula is C12H14F2N2O2S. The van der Waals surface area contributed by atoms with Gasteiger partial charge in [-0.2, -0.15) is 8.78 Å². The Labute approximate surface area is 113 Å². The van der Waals surface area contributed by atoms with Gasteiger partial charge in [-0.1, -0.05) is 0 Å². The van der Waals surface area contributed by atoms with E-state index >= 15 is 0 Å². The summed E-state index contributed by atoms with van der Waals surface area (Å²) in [4.78, 5) is 17.7. The van der Waals surface area contributed by atoms with Crippen molar-refractivity contribution in [1.29, 1.82) is 0 Å². The van der Waals surface area contributed by atoms with E-state index in [0.717, 1.165) is 6.42 Å². The fourth-order valence-electron chi connectivity index (χ4n) is 2.07. The van der Waals surface area contributed by atoms with Crippen LogP contribution in [0.1, 0.15) is 16.8 Å². The number of aromatic nitrogens is 1. The van der Waals surface area contributed by atoms with Crippen LogP contribution in [0.2, 0.25) is 0 Å². The van der Waals surface area contributed by atoms with E-state index < -0.39 is 5.76 Å². The molecule has 1 unspecified atom stereocenters. The van der Waals surface area contributed by atoms with Gasteiger partial charge in [-0.3, -0.25) is 4.79 Å². The second-order valence-electron chi connectivity index (χ2n) is 4.32. The molecule has 19 heavy (non-hydrogen) atoms. The largest absolute Gasteiger partial charge is 0.396 e. The number of aliphatic hydroxyl groups is 1. The predicted molar refractivity (Wildman–Crippen MR) is 67.2 cm³/mol. The van der Waals surface area contributed by atoms with E-state index in [2.05, 4.69) is 4.98 Å². The molecule has 1 N–H and O–H groups in total. The molecule has 2 rings (SSSR count). The van der Waals surface area contributed by atoms with E-state index in [9.17, 15) is 13.6 Å². The van der Waals surface area contributed by atoms with Crippen LogP contribution in [0.4, 0.5) is 8.78 Å². The summed E-state index contributed by atoms with van der Waals surface area (Å²) in [6.45, 7) is 1.04. The molecule has 1 atom stereocenters. The lowest BCUT2D eigenvalue weighted by molar-refractivity contribution is 0.0777. The van der Waals surface area contributed by atoms with Crippen molar-refractivity contribution in [1.82, 2.24) is 9.88 Å². The molecular weight excluding hydrogens is 274 g/mol. The molecule has 2 heterocycles. The van der Waals surface area contributed by atoms with Crippen LogP contribution in [0, 0.1) is 5.92 Å². The third-order valence-electron chi connectivity index (χ3n) is 3.03. The average molecular weight is 288 g/mol. The first-order chi connectivity index (χ1) is 9.11. The van der Waals surface area contributed by atoms with Gasteiger partial charge < -0.3 is 10.0 Å². The molecule has 0 aromatic carbocycles. The fraction of sp³-hybridized carbons (Fsp3) is 0.500. The summed E-state index contributed by atoms with van der Waals surface area (Å²) in [5.41, 5.74) is 0.200. The Morgan fingerprint density at radius 3 is 3.05 bits per heavy atom. The Kier molecular flexibility index (Phi) is 4.71. The van der Waals surface area contributed by atoms with Crippen molar-refractivity contribution in [3.63, 3.8) is 0 Å². The summed E-state index contributed by atoms with van der Waals surface area (Å²) >= 11 is 0.277. The van der Waals surface area contributed by atoms with Crippen LogP contribution in [0.3, 0.4) is 0 Å². The van der Waals surface area contributed by atoms with Gasteiger partial charge in [0.15, 0.2) is 0 Å². The van der Waals surface area contributed by atoms with E-state index in [4.69, 9.17) is 5.11 Å². The minimum atomic E-state index is -2.61. The van der Waals surface area contributed by atoms with Gasteiger partial charge in [0, 0.05) is 31.8 Å². The average Bonchev–Trinajstić information content (AvgIpc) is 2.86. The highest BCUT2D eigenvalue weighted by molar-refractivity contribution is 7.99. The summed E-state index contributed by atoms with van der Waals surface area (Å²) in [7, 11) is 0. The minimum absolute atomic E-state index is 0.0372. The van der Waals surface area contributed by atoms with E-state index in [-0.39, 0.29) is 40.8 Å². The minimum Gasteiger partial charge on any atom is -0.396 e. The number of likely N-dealkylation sites (tertiary alicyclic amines) is 1. The van der Waals surface area contributed by atoms with Gasteiger partial charge in [0.2, 0.25) is 0 Å². The molecule has 0 bridgehead atoms. The van der Waals surface area contributed by atoms with Crippen molar-refractivity contribution < 1.29 is 18.7 Å². The molecule has 1 aliphatic rings. The van der Waals surface area contributed by atoms with Gasteiger partial charge in [-0.05, 0) is 30.3 Å². The van der Waals surface area contributed by atoms with Crippen LogP contribution in [-0.4, -0.2) is 46.4 Å². The summed E-state index contributed by atoms with van der Waals surface area (Å²) in [6.07, 6.45) is 2.13. The molecule has 1 aliphatic heterocycles. The first-order valence-electron chi connectivity index (χ1n) is 5.91. The van der Waals surface area contributed by atoms with Crippen molar-refractivity contribution in [2.45, 2.75) is 17.2 Å². The number of halogens is 2. The number of hydrogen-bond donors (Lipinski definition) is 1. The Morgan fingerprint density at radius 1 is 1.63 bits per heavy atom. The maximum absolute atomic E-state index is 12.4. The number of rotatable bonds is 4. The van der Waals surface area contributed by atoms with Crippen molar-refractivity contribution >= 4 is 17.7 Å². The number of aliphatic hydroxyl groups excluding tert-OH is 1. The fourth-order valence-corrected chi connectivity index (χ4v) is 2.64. The van der Waals surface area contributed by atoms with Crippen LogP contribution in [0.15, 0.2) is 23.4 Å². The number of pyridine rings is 1. The van der Waals surface area contributed by atoms with Crippen LogP contribution in [-0.2, 0) is 0 Å². The van der Waals surface area contributed by atoms with Crippen molar-refractivity contribution in [3.05, 3.63) is 23.9 Å². The Hall–Kier alpha value is -1.21. The van der Waals surface area contributed by atoms with Gasteiger partial charge in [0.25, 0.3) is 11.7 Å². The standard InChI is InChI=1S/C12H14F2N2O2S/c13-12(14)19-10-9(2-1-4-15-10)11(18)16-5-3-8(6-16)7-17/h1-2,4,8,12,17H,3,5-7H2. The molecule has 0 aliphatic carbocycles. The number of nitrogens with zero attached hydrogens (tertiary/aromatic N) is 2. The number of carbonyl (C=O) groups is 1. The lowest BCUT2D eigenvalue weighted by Crippen LogP contribution is -2.29. The van der Waals surface area contributed by atoms with Crippen LogP contribution in [0.5, 0.6) is 0 Å². The summed E-state index contributed by atoms with van der Waals surface area (Å²) < 4.78 is 24.8. The molecule has 0 saturated carbocycles. The zero-order valence-electron chi connectivity index (χ0n) is 10.1. The normalized spacial score (nSPS) is 19.2. The first-order valence-corrected chi connectivity index (χ1v) is 6.79. The maximum atomic E-state index is 12.4. The van der Waals surface area contributed by atoms with Gasteiger partial charge in [0.1, 0.15) is 5.03 Å². The van der Waals surface area contributed by atoms with Crippen molar-refractivity contribution in [2.75, 3.05) is 19.7 Å². The van der Waals surface area contributed by atoms with Crippen LogP contribution in [0.25, 0.3) is 0 Å². The third kappa shape index (κ3) is 3.42. The lowest BCUT2D eigenvalue weighted by atomic mass is 10.1. The zero-order valence-corrected chi connectivity index (χ0v) is 10.9. The first kappa shape index (κ1) is 14.2. The molecule has 4 nitrogen and oxygen atoms in total. The van der Waals surface area contributed by atoms with Crippen LogP contribution >= 0.6 is 11.8 Å². The molecule has 0 spiro atoms. The molecule has 104 valence electrons. The van der Waals surface area contributed by atoms with Gasteiger partial charge in [0.05, 0.1) is 5.56 Å². The third-order valence-corrected chi connectivity index (χ3v) is 3.76. The maximum Gasteiger partial charge on any atom is 0.290 e. The van der Waals surface area contributed by atoms with E-state index in [1.54, 1.807) is 11.0 Å². The Balaban J connectivity index is 2.15. The molecule has 0 radical (unpaired) electrons. The molecule has 1 aromatic rings. The molecule has 1 aromatic heterocycles. The number of alkyl halides is 2. The predicted octanol–water partition coefficient (Wildman–Crippen LogP) is 1.85. The summed E-state index contributed by atoms with van der Waals surface area (Å²) in [6, 6.07) is 3.06. The number of hydrogen-bond acceptors (Lipinski definition) is 4. The molecule has 1 saturated heterocycles. The second kappa shape index (κ2) is 6.29. The van der Waals surface area contributed by atoms with Gasteiger partial charge in [-0.15, -0.1) is 0 Å². The van der Waals surface area contributed by atoms with E-state index in [1.165, 1.54) is 12.3 Å². The zero-order chi connectivity index (χ0) is 13.8. The van der Waals surface area contributed by atoms with Gasteiger partial charge in [-0.25, -0.2) is 4.98 Å². The highest BCUT2D eigenvalue weighted by Crippen LogP contribution is 2.28. The van der Waals surface area contributed by atoms with E-state index in [1.807, 2.05) is 0 Å². The highest BCUT2D eigenvalue weighted by Gasteiger charge is 2.28. The summed E-state index contributed by atoms with van der Waals surface area (Å²) in [5, 5.41) is 9.11. The number of thioether (sulfide) groups is 1. The number of carbonyl (C=O) groups excluding carboxylic acids is 1. The quantitative estimate of drug-likeness (QED) is 0.859. The SMILES string of the molecule is O=C(c1cccnc1SC(F)F)N1CCC(CO)C1. The second-order valence-corrected chi connectivity index (χ2v) is 5.30. The van der Waals surface area contributed by atoms with E-state index in [0.29, 0.717) is 13.1 Å². The number of amides is 1. The van der Waals surface area contributed by atoms with Crippen molar-refractivity contribution in [2.24, 2.45) is 5.92 Å². The monoisotopic (exact) mass is 288 g/mol. The van der Waals surface area contributed by atoms with Crippen LogP contribution < -0.4 is 0 Å². The topological polar surface area (TPSA) is 53.4 Å². The highest BCUT2D eigenvalue weighted by atomic mass is 32.2. The smallest absolute Gasteiger partial charge is 0.290 e. The molecule has 1 amide bonds. The Morgan fingerprint density at radius 2 is 2.42 bits per heavy atom. The Bertz CT molecular complexity index is 459. The van der Waals surface area contributed by atoms with Gasteiger partial charge >= 0.3 is 0 Å². The molecule has 7 heteroatoms. The lowest BCUT2D eigenvalue weighted by Gasteiger charge is -2.17. The van der Waals surface area contributed by atoms with Crippen molar-refractivity contribution in [3.8, 4) is 0 Å². The molecule has 1 fully saturated rings. The summed E-state index contributed by atoms with van der Waals surface area (Å²) in [5.74, 6) is -2.83.